The molecule has 0 saturated carbocycles. The van der Waals surface area contributed by atoms with E-state index in [-0.39, 0.29) is 0 Å². The molecule has 40 heavy (non-hydrogen) atoms. The van der Waals surface area contributed by atoms with Gasteiger partial charge in [0.2, 0.25) is 0 Å². The fraction of sp³-hybridized carbons (Fsp3) is 0.650. The molecule has 0 nitrogen and oxygen atoms in total. The van der Waals surface area contributed by atoms with Crippen LogP contribution in [0.3, 0.4) is 0 Å². The Labute approximate surface area is 250 Å². The zero-order valence-electron chi connectivity index (χ0n) is 28.2. The molecule has 0 heteroatoms. The Morgan fingerprint density at radius 2 is 1.10 bits per heavy atom. The Morgan fingerprint density at radius 1 is 0.625 bits per heavy atom. The summed E-state index contributed by atoms with van der Waals surface area (Å²) in [5, 5.41) is 0. The van der Waals surface area contributed by atoms with Crippen LogP contribution < -0.4 is 0 Å². The highest BCUT2D eigenvalue weighted by Crippen LogP contribution is 2.42. The largest absolute Gasteiger partial charge is 0.0874 e. The molecule has 0 N–H and O–H groups in total. The Hall–Kier alpha value is -1.82. The van der Waals surface area contributed by atoms with Crippen LogP contribution in [0.5, 0.6) is 0 Å². The molecule has 4 unspecified atom stereocenters. The van der Waals surface area contributed by atoms with Crippen molar-refractivity contribution in [1.29, 1.82) is 0 Å². The summed E-state index contributed by atoms with van der Waals surface area (Å²) in [6.07, 6.45) is 36.5. The summed E-state index contributed by atoms with van der Waals surface area (Å²) in [5.74, 6) is 2.33. The van der Waals surface area contributed by atoms with Gasteiger partial charge in [-0.05, 0) is 117 Å². The molecule has 224 valence electrons. The minimum atomic E-state index is 0.331. The van der Waals surface area contributed by atoms with Gasteiger partial charge in [-0.1, -0.05) is 134 Å². The molecule has 0 aromatic carbocycles. The van der Waals surface area contributed by atoms with Crippen molar-refractivity contribution in [3.8, 4) is 0 Å². The molecule has 2 rings (SSSR count). The maximum atomic E-state index is 2.47. The summed E-state index contributed by atoms with van der Waals surface area (Å²) in [4.78, 5) is 0. The highest BCUT2D eigenvalue weighted by atomic mass is 14.3. The predicted molar refractivity (Wildman–Crippen MR) is 181 cm³/mol. The second kappa shape index (κ2) is 16.6. The second-order valence-corrected chi connectivity index (χ2v) is 14.7. The SMILES string of the molecule is CC1=C(/C=C/C(C)C/C=C/C(C)/C=C/C=C/C(C)CCCC(C)/C=C/C2=C(C)CCCC2(C)C)C(C)(C)CCC1. The van der Waals surface area contributed by atoms with Gasteiger partial charge in [-0.25, -0.2) is 0 Å². The van der Waals surface area contributed by atoms with Crippen LogP contribution in [0.25, 0.3) is 0 Å². The van der Waals surface area contributed by atoms with Crippen LogP contribution in [0.15, 0.2) is 83.1 Å². The smallest absolute Gasteiger partial charge is 0.00788 e. The van der Waals surface area contributed by atoms with Crippen LogP contribution in [-0.4, -0.2) is 0 Å². The van der Waals surface area contributed by atoms with Crippen molar-refractivity contribution in [2.75, 3.05) is 0 Å². The monoisotopic (exact) mass is 545 g/mol. The first kappa shape index (κ1) is 34.4. The van der Waals surface area contributed by atoms with Crippen molar-refractivity contribution in [2.24, 2.45) is 34.5 Å². The first-order valence-electron chi connectivity index (χ1n) is 16.6. The summed E-state index contributed by atoms with van der Waals surface area (Å²) < 4.78 is 0. The standard InChI is InChI=1S/C40H64/c1-31(19-13-21-33(3)25-27-37-35(5)23-15-29-39(37,7)8)17-11-12-18-32(2)20-14-22-34(4)26-28-38-36(6)24-16-30-40(38,9)10/h11-13,17-19,25-28,31-34H,14-16,20-24,29-30H2,1-10H3/b17-11+,18-12+,19-13+,27-25+,28-26+. The maximum absolute atomic E-state index is 2.47. The van der Waals surface area contributed by atoms with Crippen molar-refractivity contribution in [3.63, 3.8) is 0 Å². The first-order chi connectivity index (χ1) is 18.8. The summed E-state index contributed by atoms with van der Waals surface area (Å²) in [7, 11) is 0. The molecule has 0 fully saturated rings. The van der Waals surface area contributed by atoms with E-state index in [9.17, 15) is 0 Å². The predicted octanol–water partition coefficient (Wildman–Crippen LogP) is 12.9. The zero-order valence-corrected chi connectivity index (χ0v) is 28.2. The van der Waals surface area contributed by atoms with E-state index < -0.39 is 0 Å². The van der Waals surface area contributed by atoms with E-state index in [2.05, 4.69) is 130 Å². The lowest BCUT2D eigenvalue weighted by molar-refractivity contribution is 0.376. The van der Waals surface area contributed by atoms with E-state index in [0.29, 0.717) is 34.5 Å². The first-order valence-corrected chi connectivity index (χ1v) is 16.6. The van der Waals surface area contributed by atoms with Gasteiger partial charge in [0.05, 0.1) is 0 Å². The van der Waals surface area contributed by atoms with Gasteiger partial charge in [-0.2, -0.15) is 0 Å². The fourth-order valence-corrected chi connectivity index (χ4v) is 6.64. The van der Waals surface area contributed by atoms with E-state index in [4.69, 9.17) is 0 Å². The van der Waals surface area contributed by atoms with Gasteiger partial charge in [-0.3, -0.25) is 0 Å². The molecular formula is C40H64. The molecule has 4 atom stereocenters. The van der Waals surface area contributed by atoms with Crippen molar-refractivity contribution in [3.05, 3.63) is 83.1 Å². The highest BCUT2D eigenvalue weighted by molar-refractivity contribution is 5.33. The number of hydrogen-bond acceptors (Lipinski definition) is 0. The van der Waals surface area contributed by atoms with Crippen LogP contribution in [0, 0.1) is 34.5 Å². The molecule has 0 aromatic heterocycles. The van der Waals surface area contributed by atoms with E-state index in [1.165, 1.54) is 57.8 Å². The average molecular weight is 545 g/mol. The molecule has 0 radical (unpaired) electrons. The molecule has 2 aliphatic rings. The topological polar surface area (TPSA) is 0 Å². The maximum Gasteiger partial charge on any atom is -0.00788 e. The molecule has 2 aliphatic carbocycles. The molecular weight excluding hydrogens is 480 g/mol. The quantitative estimate of drug-likeness (QED) is 0.151. The van der Waals surface area contributed by atoms with Gasteiger partial charge in [0.15, 0.2) is 0 Å². The molecule has 0 heterocycles. The van der Waals surface area contributed by atoms with Gasteiger partial charge in [0.25, 0.3) is 0 Å². The van der Waals surface area contributed by atoms with Gasteiger partial charge < -0.3 is 0 Å². The minimum absolute atomic E-state index is 0.331. The lowest BCUT2D eigenvalue weighted by Crippen LogP contribution is -2.19. The summed E-state index contributed by atoms with van der Waals surface area (Å²) >= 11 is 0. The van der Waals surface area contributed by atoms with E-state index in [1.54, 1.807) is 22.3 Å². The van der Waals surface area contributed by atoms with Crippen LogP contribution in [0.1, 0.15) is 133 Å². The Morgan fingerprint density at radius 3 is 1.62 bits per heavy atom. The van der Waals surface area contributed by atoms with Gasteiger partial charge in [0.1, 0.15) is 0 Å². The van der Waals surface area contributed by atoms with E-state index in [0.717, 1.165) is 6.42 Å². The van der Waals surface area contributed by atoms with E-state index in [1.807, 2.05) is 0 Å². The van der Waals surface area contributed by atoms with Gasteiger partial charge in [-0.15, -0.1) is 0 Å². The third-order valence-corrected chi connectivity index (χ3v) is 9.50. The van der Waals surface area contributed by atoms with Crippen molar-refractivity contribution >= 4 is 0 Å². The molecule has 0 spiro atoms. The normalized spacial score (nSPS) is 23.4. The molecule has 0 saturated heterocycles. The molecule has 0 bridgehead atoms. The van der Waals surface area contributed by atoms with Crippen LogP contribution in [0.4, 0.5) is 0 Å². The summed E-state index contributed by atoms with van der Waals surface area (Å²) in [6, 6.07) is 0. The Balaban J connectivity index is 1.68. The van der Waals surface area contributed by atoms with Crippen molar-refractivity contribution < 1.29 is 0 Å². The highest BCUT2D eigenvalue weighted by Gasteiger charge is 2.27. The van der Waals surface area contributed by atoms with Crippen LogP contribution in [0.2, 0.25) is 0 Å². The number of allylic oxidation sites excluding steroid dienone is 14. The minimum Gasteiger partial charge on any atom is -0.0874 e. The third kappa shape index (κ3) is 12.0. The third-order valence-electron chi connectivity index (χ3n) is 9.50. The average Bonchev–Trinajstić information content (AvgIpc) is 2.85. The lowest BCUT2D eigenvalue weighted by Gasteiger charge is -2.33. The van der Waals surface area contributed by atoms with Crippen molar-refractivity contribution in [2.45, 2.75) is 133 Å². The Bertz CT molecular complexity index is 983. The number of rotatable bonds is 14. The summed E-state index contributed by atoms with van der Waals surface area (Å²) in [5.41, 5.74) is 7.03. The van der Waals surface area contributed by atoms with Gasteiger partial charge >= 0.3 is 0 Å². The van der Waals surface area contributed by atoms with Crippen molar-refractivity contribution in [1.82, 2.24) is 0 Å². The second-order valence-electron chi connectivity index (χ2n) is 14.7. The molecule has 0 aromatic rings. The summed E-state index contributed by atoms with van der Waals surface area (Å²) in [6.45, 7) is 23.6. The number of hydrogen-bond donors (Lipinski definition) is 0. The van der Waals surface area contributed by atoms with E-state index >= 15 is 0 Å². The van der Waals surface area contributed by atoms with Gasteiger partial charge in [0, 0.05) is 0 Å². The molecule has 0 aliphatic heterocycles. The Kier molecular flexibility index (Phi) is 14.3. The lowest BCUT2D eigenvalue weighted by atomic mass is 9.72. The zero-order chi connectivity index (χ0) is 29.8. The van der Waals surface area contributed by atoms with Crippen LogP contribution in [-0.2, 0) is 0 Å². The molecule has 0 amide bonds. The fourth-order valence-electron chi connectivity index (χ4n) is 6.64. The van der Waals surface area contributed by atoms with Crippen LogP contribution >= 0.6 is 0 Å².